The van der Waals surface area contributed by atoms with Gasteiger partial charge in [-0.15, -0.1) is 11.3 Å². The molecule has 4 heterocycles. The number of nitrogens with one attached hydrogen (secondary N) is 1. The maximum Gasteiger partial charge on any atom is 0.257 e. The maximum atomic E-state index is 13.2. The van der Waals surface area contributed by atoms with Gasteiger partial charge < -0.3 is 19.7 Å². The van der Waals surface area contributed by atoms with Crippen molar-refractivity contribution in [1.29, 1.82) is 0 Å². The van der Waals surface area contributed by atoms with E-state index in [0.717, 1.165) is 23.3 Å². The van der Waals surface area contributed by atoms with Gasteiger partial charge in [-0.3, -0.25) is 14.4 Å². The zero-order chi connectivity index (χ0) is 19.5. The van der Waals surface area contributed by atoms with Crippen molar-refractivity contribution in [2.45, 2.75) is 32.4 Å². The zero-order valence-corrected chi connectivity index (χ0v) is 16.4. The average molecular weight is 399 g/mol. The molecule has 2 aromatic rings. The lowest BCUT2D eigenvalue weighted by molar-refractivity contribution is -0.138. The van der Waals surface area contributed by atoms with Crippen LogP contribution < -0.4 is 5.32 Å². The van der Waals surface area contributed by atoms with Gasteiger partial charge in [0.2, 0.25) is 11.8 Å². The maximum absolute atomic E-state index is 13.2. The molecule has 0 radical (unpaired) electrons. The van der Waals surface area contributed by atoms with Crippen LogP contribution in [0.15, 0.2) is 18.7 Å². The summed E-state index contributed by atoms with van der Waals surface area (Å²) in [5, 5.41) is 3.48. The molecule has 1 aliphatic carbocycles. The Morgan fingerprint density at radius 2 is 2.14 bits per heavy atom. The second-order valence-corrected chi connectivity index (χ2v) is 9.01. The van der Waals surface area contributed by atoms with E-state index in [9.17, 15) is 14.4 Å². The van der Waals surface area contributed by atoms with Gasteiger partial charge >= 0.3 is 0 Å². The lowest BCUT2D eigenvalue weighted by atomic mass is 9.99. The molecule has 28 heavy (non-hydrogen) atoms. The number of carbonyl (C=O) groups excluding carboxylic acids is 3. The number of thiophene rings is 1. The highest BCUT2D eigenvalue weighted by Crippen LogP contribution is 2.50. The summed E-state index contributed by atoms with van der Waals surface area (Å²) in [6.07, 6.45) is 7.81. The van der Waals surface area contributed by atoms with Crippen LogP contribution in [0.1, 0.15) is 33.6 Å². The van der Waals surface area contributed by atoms with E-state index >= 15 is 0 Å². The minimum Gasteiger partial charge on any atom is -0.337 e. The number of anilines is 1. The number of rotatable bonds is 3. The van der Waals surface area contributed by atoms with Gasteiger partial charge in [0, 0.05) is 37.4 Å². The summed E-state index contributed by atoms with van der Waals surface area (Å²) in [7, 11) is 1.65. The molecule has 5 rings (SSSR count). The molecule has 0 aromatic carbocycles. The number of fused-ring (bicyclic) bond motifs is 3. The van der Waals surface area contributed by atoms with Crippen molar-refractivity contribution in [2.24, 2.45) is 5.41 Å². The van der Waals surface area contributed by atoms with E-state index < -0.39 is 0 Å². The summed E-state index contributed by atoms with van der Waals surface area (Å²) < 4.78 is 1.97. The molecule has 0 atom stereocenters. The van der Waals surface area contributed by atoms with Crippen molar-refractivity contribution in [3.05, 3.63) is 34.7 Å². The van der Waals surface area contributed by atoms with E-state index in [-0.39, 0.29) is 29.7 Å². The lowest BCUT2D eigenvalue weighted by Crippen LogP contribution is -2.42. The summed E-state index contributed by atoms with van der Waals surface area (Å²) in [6, 6.07) is 0. The lowest BCUT2D eigenvalue weighted by Gasteiger charge is -2.31. The number of hydrogen-bond acceptors (Lipinski definition) is 5. The average Bonchev–Trinajstić information content (AvgIpc) is 3.13. The second-order valence-electron chi connectivity index (χ2n) is 7.91. The standard InChI is InChI=1S/C19H21N5O3S/c1-22-9-14(25)21-16-15(17(22)26)12-2-6-24(8-13(12)28-16)18(27)19(3-4-19)10-23-7-5-20-11-23/h5,7,11H,2-4,6,8-10H2,1H3,(H,21,25). The van der Waals surface area contributed by atoms with E-state index in [1.165, 1.54) is 16.2 Å². The molecule has 146 valence electrons. The van der Waals surface area contributed by atoms with Crippen molar-refractivity contribution in [1.82, 2.24) is 19.4 Å². The highest BCUT2D eigenvalue weighted by Gasteiger charge is 2.52. The molecule has 0 bridgehead atoms. The summed E-state index contributed by atoms with van der Waals surface area (Å²) in [6.45, 7) is 1.84. The minimum absolute atomic E-state index is 0.0659. The second kappa shape index (κ2) is 6.16. The predicted molar refractivity (Wildman–Crippen MR) is 103 cm³/mol. The van der Waals surface area contributed by atoms with Crippen LogP contribution in [0.4, 0.5) is 5.00 Å². The minimum atomic E-state index is -0.323. The number of hydrogen-bond donors (Lipinski definition) is 1. The van der Waals surface area contributed by atoms with Crippen LogP contribution in [0, 0.1) is 5.41 Å². The molecule has 2 aliphatic heterocycles. The van der Waals surface area contributed by atoms with E-state index in [4.69, 9.17) is 0 Å². The monoisotopic (exact) mass is 399 g/mol. The Bertz CT molecular complexity index is 976. The fourth-order valence-electron chi connectivity index (χ4n) is 4.19. The van der Waals surface area contributed by atoms with Crippen LogP contribution in [0.3, 0.4) is 0 Å². The predicted octanol–water partition coefficient (Wildman–Crippen LogP) is 1.33. The van der Waals surface area contributed by atoms with Gasteiger partial charge in [-0.05, 0) is 24.8 Å². The Kier molecular flexibility index (Phi) is 3.84. The molecule has 1 saturated carbocycles. The van der Waals surface area contributed by atoms with Crippen LogP contribution in [-0.2, 0) is 29.1 Å². The molecular formula is C19H21N5O3S. The van der Waals surface area contributed by atoms with Crippen molar-refractivity contribution in [3.63, 3.8) is 0 Å². The van der Waals surface area contributed by atoms with Gasteiger partial charge in [0.1, 0.15) is 5.00 Å². The number of amides is 3. The third-order valence-corrected chi connectivity index (χ3v) is 7.02. The molecule has 1 fully saturated rings. The summed E-state index contributed by atoms with van der Waals surface area (Å²) in [5.41, 5.74) is 1.28. The molecule has 3 aliphatic rings. The van der Waals surface area contributed by atoms with E-state index in [1.807, 2.05) is 15.7 Å². The number of nitrogens with zero attached hydrogens (tertiary/aromatic N) is 4. The van der Waals surface area contributed by atoms with Gasteiger partial charge in [0.05, 0.1) is 30.4 Å². The van der Waals surface area contributed by atoms with Crippen molar-refractivity contribution in [2.75, 3.05) is 25.5 Å². The molecule has 0 saturated heterocycles. The number of imidazole rings is 1. The summed E-state index contributed by atoms with van der Waals surface area (Å²) in [4.78, 5) is 46.4. The third kappa shape index (κ3) is 2.72. The van der Waals surface area contributed by atoms with Crippen LogP contribution >= 0.6 is 11.3 Å². The molecule has 9 heteroatoms. The Balaban J connectivity index is 1.39. The van der Waals surface area contributed by atoms with Gasteiger partial charge in [-0.25, -0.2) is 4.98 Å². The van der Waals surface area contributed by atoms with Crippen LogP contribution in [-0.4, -0.2) is 57.2 Å². The topological polar surface area (TPSA) is 87.5 Å². The first kappa shape index (κ1) is 17.4. The SMILES string of the molecule is CN1CC(=O)Nc2sc3c(c2C1=O)CCN(C(=O)C1(Cn2ccnc2)CC1)C3. The third-order valence-electron chi connectivity index (χ3n) is 5.89. The molecule has 8 nitrogen and oxygen atoms in total. The summed E-state index contributed by atoms with van der Waals surface area (Å²) in [5.74, 6) is -0.120. The first-order valence-electron chi connectivity index (χ1n) is 9.42. The van der Waals surface area contributed by atoms with Crippen molar-refractivity contribution in [3.8, 4) is 0 Å². The Labute approximate surface area is 166 Å². The Morgan fingerprint density at radius 3 is 2.86 bits per heavy atom. The van der Waals surface area contributed by atoms with E-state index in [1.54, 1.807) is 19.6 Å². The summed E-state index contributed by atoms with van der Waals surface area (Å²) >= 11 is 1.43. The zero-order valence-electron chi connectivity index (χ0n) is 15.6. The van der Waals surface area contributed by atoms with Gasteiger partial charge in [-0.2, -0.15) is 0 Å². The van der Waals surface area contributed by atoms with E-state index in [2.05, 4.69) is 10.3 Å². The van der Waals surface area contributed by atoms with Gasteiger partial charge in [-0.1, -0.05) is 0 Å². The smallest absolute Gasteiger partial charge is 0.257 e. The van der Waals surface area contributed by atoms with Crippen LogP contribution in [0.5, 0.6) is 0 Å². The normalized spacial score (nSPS) is 20.3. The highest BCUT2D eigenvalue weighted by atomic mass is 32.1. The number of likely N-dealkylation sites (N-methyl/N-ethyl adjacent to an activating group) is 1. The van der Waals surface area contributed by atoms with Crippen molar-refractivity contribution >= 4 is 34.1 Å². The largest absolute Gasteiger partial charge is 0.337 e. The first-order chi connectivity index (χ1) is 13.5. The fourth-order valence-corrected chi connectivity index (χ4v) is 5.46. The Morgan fingerprint density at radius 1 is 1.32 bits per heavy atom. The molecule has 0 unspecified atom stereocenters. The molecule has 2 aromatic heterocycles. The highest BCUT2D eigenvalue weighted by molar-refractivity contribution is 7.17. The molecule has 0 spiro atoms. The molecule has 3 amide bonds. The quantitative estimate of drug-likeness (QED) is 0.844. The van der Waals surface area contributed by atoms with Gasteiger partial charge in [0.15, 0.2) is 0 Å². The number of aromatic nitrogens is 2. The van der Waals surface area contributed by atoms with Crippen molar-refractivity contribution < 1.29 is 14.4 Å². The number of carbonyl (C=O) groups is 3. The Hall–Kier alpha value is -2.68. The molecule has 1 N–H and O–H groups in total. The van der Waals surface area contributed by atoms with Crippen LogP contribution in [0.25, 0.3) is 0 Å². The first-order valence-corrected chi connectivity index (χ1v) is 10.2. The van der Waals surface area contributed by atoms with Gasteiger partial charge in [0.25, 0.3) is 5.91 Å². The van der Waals surface area contributed by atoms with E-state index in [0.29, 0.717) is 36.6 Å². The van der Waals surface area contributed by atoms with Crippen LogP contribution in [0.2, 0.25) is 0 Å². The molecular weight excluding hydrogens is 378 g/mol. The fraction of sp³-hybridized carbons (Fsp3) is 0.474.